The summed E-state index contributed by atoms with van der Waals surface area (Å²) in [6.45, 7) is 0.0161. The zero-order chi connectivity index (χ0) is 13.0. The molecule has 0 atom stereocenters. The van der Waals surface area contributed by atoms with Gasteiger partial charge >= 0.3 is 5.97 Å². The summed E-state index contributed by atoms with van der Waals surface area (Å²) in [4.78, 5) is 19.6. The molecule has 0 aliphatic carbocycles. The summed E-state index contributed by atoms with van der Waals surface area (Å²) < 4.78 is 5.05. The van der Waals surface area contributed by atoms with Crippen LogP contribution in [-0.4, -0.2) is 15.9 Å². The Labute approximate surface area is 109 Å². The second kappa shape index (κ2) is 5.46. The highest BCUT2D eigenvalue weighted by Gasteiger charge is 2.09. The Hall–Kier alpha value is -2.14. The topological polar surface area (TPSA) is 78.1 Å². The molecule has 1 aromatic carbocycles. The SMILES string of the molecule is Nc1cc(C(=O)OCc2ncccn2)ccc1Cl. The minimum absolute atomic E-state index is 0.0161. The number of anilines is 1. The number of carbonyl (C=O) groups is 1. The van der Waals surface area contributed by atoms with E-state index in [-0.39, 0.29) is 6.61 Å². The van der Waals surface area contributed by atoms with Gasteiger partial charge in [-0.25, -0.2) is 14.8 Å². The number of nitrogens with two attached hydrogens (primary N) is 1. The van der Waals surface area contributed by atoms with E-state index in [1.165, 1.54) is 6.07 Å². The number of ether oxygens (including phenoxy) is 1. The van der Waals surface area contributed by atoms with Crippen LogP contribution in [0.2, 0.25) is 5.02 Å². The van der Waals surface area contributed by atoms with Crippen LogP contribution in [0.25, 0.3) is 0 Å². The average molecular weight is 264 g/mol. The lowest BCUT2D eigenvalue weighted by Gasteiger charge is -2.05. The number of nitrogens with zero attached hydrogens (tertiary/aromatic N) is 2. The number of esters is 1. The van der Waals surface area contributed by atoms with Crippen LogP contribution in [0.15, 0.2) is 36.7 Å². The molecule has 0 aliphatic heterocycles. The third-order valence-corrected chi connectivity index (χ3v) is 2.53. The molecule has 18 heavy (non-hydrogen) atoms. The van der Waals surface area contributed by atoms with E-state index in [0.717, 1.165) is 0 Å². The highest BCUT2D eigenvalue weighted by atomic mass is 35.5. The van der Waals surface area contributed by atoms with E-state index in [2.05, 4.69) is 9.97 Å². The van der Waals surface area contributed by atoms with Crippen LogP contribution in [0.3, 0.4) is 0 Å². The molecule has 2 rings (SSSR count). The molecule has 5 nitrogen and oxygen atoms in total. The first kappa shape index (κ1) is 12.3. The van der Waals surface area contributed by atoms with Gasteiger partial charge in [-0.1, -0.05) is 11.6 Å². The molecule has 0 saturated carbocycles. The molecule has 0 radical (unpaired) electrons. The maximum atomic E-state index is 11.7. The van der Waals surface area contributed by atoms with Gasteiger partial charge in [-0.15, -0.1) is 0 Å². The lowest BCUT2D eigenvalue weighted by molar-refractivity contribution is 0.0462. The van der Waals surface area contributed by atoms with Crippen molar-refractivity contribution in [3.8, 4) is 0 Å². The van der Waals surface area contributed by atoms with Crippen molar-refractivity contribution in [3.63, 3.8) is 0 Å². The van der Waals surface area contributed by atoms with Crippen LogP contribution < -0.4 is 5.73 Å². The number of benzene rings is 1. The van der Waals surface area contributed by atoms with Crippen molar-refractivity contribution in [2.75, 3.05) is 5.73 Å². The summed E-state index contributed by atoms with van der Waals surface area (Å²) in [5.41, 5.74) is 6.28. The highest BCUT2D eigenvalue weighted by Crippen LogP contribution is 2.20. The van der Waals surface area contributed by atoms with E-state index in [1.807, 2.05) is 0 Å². The van der Waals surface area contributed by atoms with Crippen LogP contribution in [0.1, 0.15) is 16.2 Å². The fraction of sp³-hybridized carbons (Fsp3) is 0.0833. The van der Waals surface area contributed by atoms with Crippen LogP contribution >= 0.6 is 11.6 Å². The molecular weight excluding hydrogens is 254 g/mol. The third kappa shape index (κ3) is 2.95. The highest BCUT2D eigenvalue weighted by molar-refractivity contribution is 6.33. The van der Waals surface area contributed by atoms with Gasteiger partial charge in [0.05, 0.1) is 16.3 Å². The molecular formula is C12H10ClN3O2. The first-order valence-corrected chi connectivity index (χ1v) is 5.52. The Morgan fingerprint density at radius 1 is 1.33 bits per heavy atom. The number of carbonyl (C=O) groups excluding carboxylic acids is 1. The van der Waals surface area contributed by atoms with E-state index < -0.39 is 5.97 Å². The van der Waals surface area contributed by atoms with E-state index >= 15 is 0 Å². The predicted molar refractivity (Wildman–Crippen MR) is 67.0 cm³/mol. The average Bonchev–Trinajstić information content (AvgIpc) is 2.40. The molecule has 2 N–H and O–H groups in total. The van der Waals surface area contributed by atoms with Crippen molar-refractivity contribution in [2.45, 2.75) is 6.61 Å². The number of aromatic nitrogens is 2. The summed E-state index contributed by atoms with van der Waals surface area (Å²) in [6.07, 6.45) is 3.16. The van der Waals surface area contributed by atoms with Gasteiger partial charge in [0.25, 0.3) is 0 Å². The second-order valence-electron chi connectivity index (χ2n) is 3.48. The normalized spacial score (nSPS) is 10.1. The van der Waals surface area contributed by atoms with Gasteiger partial charge in [0, 0.05) is 12.4 Å². The molecule has 0 bridgehead atoms. The van der Waals surface area contributed by atoms with Crippen molar-refractivity contribution in [1.29, 1.82) is 0 Å². The number of halogens is 1. The molecule has 0 saturated heterocycles. The maximum absolute atomic E-state index is 11.7. The molecule has 1 aromatic heterocycles. The lowest BCUT2D eigenvalue weighted by Crippen LogP contribution is -2.07. The van der Waals surface area contributed by atoms with Crippen molar-refractivity contribution in [1.82, 2.24) is 9.97 Å². The van der Waals surface area contributed by atoms with Crippen molar-refractivity contribution in [2.24, 2.45) is 0 Å². The van der Waals surface area contributed by atoms with E-state index in [4.69, 9.17) is 22.1 Å². The van der Waals surface area contributed by atoms with Crippen molar-refractivity contribution < 1.29 is 9.53 Å². The summed E-state index contributed by atoms with van der Waals surface area (Å²) in [5.74, 6) is -0.0568. The molecule has 0 spiro atoms. The van der Waals surface area contributed by atoms with Gasteiger partial charge < -0.3 is 10.5 Å². The number of hydrogen-bond acceptors (Lipinski definition) is 5. The van der Waals surface area contributed by atoms with Crippen molar-refractivity contribution in [3.05, 3.63) is 53.1 Å². The summed E-state index contributed by atoms with van der Waals surface area (Å²) in [5, 5.41) is 0.401. The molecule has 0 unspecified atom stereocenters. The molecule has 6 heteroatoms. The predicted octanol–water partition coefficient (Wildman–Crippen LogP) is 2.07. The molecule has 0 amide bonds. The number of nitrogen functional groups attached to an aromatic ring is 1. The molecule has 0 fully saturated rings. The minimum atomic E-state index is -0.495. The Balaban J connectivity index is 2.02. The van der Waals surface area contributed by atoms with E-state index in [0.29, 0.717) is 22.1 Å². The molecule has 1 heterocycles. The quantitative estimate of drug-likeness (QED) is 0.677. The Kier molecular flexibility index (Phi) is 3.74. The first-order valence-electron chi connectivity index (χ1n) is 5.15. The zero-order valence-corrected chi connectivity index (χ0v) is 10.1. The van der Waals surface area contributed by atoms with Crippen LogP contribution in [0, 0.1) is 0 Å². The Bertz CT molecular complexity index is 561. The van der Waals surface area contributed by atoms with Gasteiger partial charge in [0.1, 0.15) is 0 Å². The summed E-state index contributed by atoms with van der Waals surface area (Å²) in [7, 11) is 0. The Morgan fingerprint density at radius 2 is 2.06 bits per heavy atom. The molecule has 2 aromatic rings. The minimum Gasteiger partial charge on any atom is -0.454 e. The number of rotatable bonds is 3. The monoisotopic (exact) mass is 263 g/mol. The van der Waals surface area contributed by atoms with E-state index in [9.17, 15) is 4.79 Å². The second-order valence-corrected chi connectivity index (χ2v) is 3.88. The largest absolute Gasteiger partial charge is 0.454 e. The summed E-state index contributed by atoms with van der Waals surface area (Å²) in [6, 6.07) is 6.25. The van der Waals surface area contributed by atoms with Gasteiger partial charge in [-0.3, -0.25) is 0 Å². The van der Waals surface area contributed by atoms with Crippen LogP contribution in [0.4, 0.5) is 5.69 Å². The van der Waals surface area contributed by atoms with Gasteiger partial charge in [0.15, 0.2) is 12.4 Å². The fourth-order valence-electron chi connectivity index (χ4n) is 1.29. The lowest BCUT2D eigenvalue weighted by atomic mass is 10.2. The van der Waals surface area contributed by atoms with Crippen LogP contribution in [-0.2, 0) is 11.3 Å². The fourth-order valence-corrected chi connectivity index (χ4v) is 1.41. The van der Waals surface area contributed by atoms with Crippen LogP contribution in [0.5, 0.6) is 0 Å². The van der Waals surface area contributed by atoms with Gasteiger partial charge in [-0.05, 0) is 24.3 Å². The van der Waals surface area contributed by atoms with Gasteiger partial charge in [-0.2, -0.15) is 0 Å². The van der Waals surface area contributed by atoms with Crippen molar-refractivity contribution >= 4 is 23.3 Å². The maximum Gasteiger partial charge on any atom is 0.338 e. The Morgan fingerprint density at radius 3 is 2.72 bits per heavy atom. The first-order chi connectivity index (χ1) is 8.66. The zero-order valence-electron chi connectivity index (χ0n) is 9.34. The van der Waals surface area contributed by atoms with Gasteiger partial charge in [0.2, 0.25) is 0 Å². The molecule has 92 valence electrons. The standard InChI is InChI=1S/C12H10ClN3O2/c13-9-3-2-8(6-10(9)14)12(17)18-7-11-15-4-1-5-16-11/h1-6H,7,14H2. The molecule has 0 aliphatic rings. The van der Waals surface area contributed by atoms with E-state index in [1.54, 1.807) is 30.6 Å². The smallest absolute Gasteiger partial charge is 0.338 e. The number of hydrogen-bond donors (Lipinski definition) is 1. The third-order valence-electron chi connectivity index (χ3n) is 2.18. The summed E-state index contributed by atoms with van der Waals surface area (Å²) >= 11 is 5.76.